The average molecular weight is 336 g/mol. The molecule has 1 saturated heterocycles. The summed E-state index contributed by atoms with van der Waals surface area (Å²) >= 11 is 0.643. The summed E-state index contributed by atoms with van der Waals surface area (Å²) in [4.78, 5) is 46.6. The van der Waals surface area contributed by atoms with Crippen LogP contribution < -0.4 is 5.32 Å². The minimum atomic E-state index is -1.23. The van der Waals surface area contributed by atoms with Crippen molar-refractivity contribution in [1.82, 2.24) is 10.2 Å². The number of rotatable bonds is 5. The van der Waals surface area contributed by atoms with Crippen LogP contribution in [0.15, 0.2) is 29.2 Å². The van der Waals surface area contributed by atoms with Crippen molar-refractivity contribution in [1.29, 1.82) is 0 Å². The van der Waals surface area contributed by atoms with Gasteiger partial charge in [-0.05, 0) is 23.9 Å². The number of carbonyl (C=O) groups excluding carboxylic acids is 3. The Morgan fingerprint density at radius 1 is 1.26 bits per heavy atom. The van der Waals surface area contributed by atoms with Crippen molar-refractivity contribution in [2.24, 2.45) is 0 Å². The Morgan fingerprint density at radius 3 is 2.61 bits per heavy atom. The van der Waals surface area contributed by atoms with Crippen LogP contribution in [0.1, 0.15) is 5.56 Å². The van der Waals surface area contributed by atoms with Crippen molar-refractivity contribution >= 4 is 40.9 Å². The van der Waals surface area contributed by atoms with Crippen LogP contribution in [0.25, 0.3) is 6.08 Å². The number of phenols is 1. The van der Waals surface area contributed by atoms with Crippen LogP contribution in [-0.2, 0) is 14.4 Å². The summed E-state index contributed by atoms with van der Waals surface area (Å²) in [6.45, 7) is -1.15. The lowest BCUT2D eigenvalue weighted by atomic mass is 10.2. The third-order valence-corrected chi connectivity index (χ3v) is 3.74. The van der Waals surface area contributed by atoms with Crippen LogP contribution >= 0.6 is 11.8 Å². The topological polar surface area (TPSA) is 124 Å². The van der Waals surface area contributed by atoms with E-state index in [-0.39, 0.29) is 10.7 Å². The highest BCUT2D eigenvalue weighted by Crippen LogP contribution is 2.33. The largest absolute Gasteiger partial charge is 0.507 e. The first kappa shape index (κ1) is 16.6. The van der Waals surface area contributed by atoms with Crippen LogP contribution in [0.5, 0.6) is 5.75 Å². The Labute approximate surface area is 134 Å². The van der Waals surface area contributed by atoms with E-state index in [4.69, 9.17) is 5.11 Å². The molecule has 3 N–H and O–H groups in total. The zero-order valence-corrected chi connectivity index (χ0v) is 12.5. The average Bonchev–Trinajstić information content (AvgIpc) is 2.75. The van der Waals surface area contributed by atoms with E-state index in [0.29, 0.717) is 22.2 Å². The highest BCUT2D eigenvalue weighted by Gasteiger charge is 2.36. The summed E-state index contributed by atoms with van der Waals surface area (Å²) in [7, 11) is 0. The van der Waals surface area contributed by atoms with E-state index in [1.165, 1.54) is 12.1 Å². The maximum Gasteiger partial charge on any atom is 0.322 e. The van der Waals surface area contributed by atoms with Gasteiger partial charge in [-0.1, -0.05) is 18.2 Å². The monoisotopic (exact) mass is 336 g/mol. The van der Waals surface area contributed by atoms with Gasteiger partial charge in [0.05, 0.1) is 4.91 Å². The molecule has 23 heavy (non-hydrogen) atoms. The molecular weight excluding hydrogens is 324 g/mol. The first-order valence-corrected chi connectivity index (χ1v) is 7.22. The Balaban J connectivity index is 2.09. The van der Waals surface area contributed by atoms with Gasteiger partial charge in [-0.3, -0.25) is 24.1 Å². The van der Waals surface area contributed by atoms with Gasteiger partial charge in [-0.15, -0.1) is 0 Å². The van der Waals surface area contributed by atoms with Crippen molar-refractivity contribution in [3.05, 3.63) is 34.7 Å². The molecule has 0 unspecified atom stereocenters. The lowest BCUT2D eigenvalue weighted by Gasteiger charge is -2.11. The number of aromatic hydroxyl groups is 1. The van der Waals surface area contributed by atoms with Crippen molar-refractivity contribution < 1.29 is 29.4 Å². The van der Waals surface area contributed by atoms with Crippen LogP contribution in [0.2, 0.25) is 0 Å². The zero-order valence-electron chi connectivity index (χ0n) is 11.7. The van der Waals surface area contributed by atoms with E-state index in [9.17, 15) is 24.3 Å². The fourth-order valence-electron chi connectivity index (χ4n) is 1.76. The number of aliphatic carboxylic acids is 1. The zero-order chi connectivity index (χ0) is 17.0. The number of carboxylic acids is 1. The molecule has 0 atom stereocenters. The second-order valence-electron chi connectivity index (χ2n) is 4.50. The number of imide groups is 1. The minimum Gasteiger partial charge on any atom is -0.507 e. The summed E-state index contributed by atoms with van der Waals surface area (Å²) < 4.78 is 0. The number of benzene rings is 1. The molecule has 0 aliphatic carbocycles. The van der Waals surface area contributed by atoms with E-state index in [1.54, 1.807) is 18.2 Å². The predicted octanol–water partition coefficient (Wildman–Crippen LogP) is 0.629. The van der Waals surface area contributed by atoms with E-state index in [2.05, 4.69) is 5.32 Å². The van der Waals surface area contributed by atoms with E-state index >= 15 is 0 Å². The summed E-state index contributed by atoms with van der Waals surface area (Å²) in [6.07, 6.45) is 1.36. The number of hydrogen-bond donors (Lipinski definition) is 3. The summed E-state index contributed by atoms with van der Waals surface area (Å²) in [5.41, 5.74) is 0.369. The molecule has 0 bridgehead atoms. The van der Waals surface area contributed by atoms with Crippen molar-refractivity contribution in [3.63, 3.8) is 0 Å². The van der Waals surface area contributed by atoms with Crippen LogP contribution in [0, 0.1) is 0 Å². The number of carbonyl (C=O) groups is 4. The van der Waals surface area contributed by atoms with Crippen molar-refractivity contribution in [2.75, 3.05) is 13.1 Å². The molecule has 8 nitrogen and oxygen atoms in total. The summed E-state index contributed by atoms with van der Waals surface area (Å²) in [5, 5.41) is 19.6. The van der Waals surface area contributed by atoms with Gasteiger partial charge in [0.1, 0.15) is 18.8 Å². The smallest absolute Gasteiger partial charge is 0.322 e. The maximum atomic E-state index is 12.1. The molecule has 0 radical (unpaired) electrons. The standard InChI is InChI=1S/C14H12N2O6S/c17-9-4-2-1-3-8(9)5-10-13(21)16(14(22)23-10)7-11(18)15-6-12(19)20/h1-5,17H,6-7H2,(H,15,18)(H,19,20)/b10-5-. The number of nitrogens with one attached hydrogen (secondary N) is 1. The lowest BCUT2D eigenvalue weighted by molar-refractivity contribution is -0.138. The molecule has 0 aromatic heterocycles. The van der Waals surface area contributed by atoms with Crippen molar-refractivity contribution in [2.45, 2.75) is 0 Å². The molecule has 1 fully saturated rings. The molecule has 0 spiro atoms. The first-order chi connectivity index (χ1) is 10.9. The van der Waals surface area contributed by atoms with Gasteiger partial charge in [0.15, 0.2) is 0 Å². The number of carboxylic acid groups (broad SMARTS) is 1. The second-order valence-corrected chi connectivity index (χ2v) is 5.49. The van der Waals surface area contributed by atoms with Crippen LogP contribution in [0.4, 0.5) is 4.79 Å². The molecule has 9 heteroatoms. The van der Waals surface area contributed by atoms with E-state index in [1.807, 2.05) is 0 Å². The SMILES string of the molecule is O=C(O)CNC(=O)CN1C(=O)S/C(=C\c2ccccc2O)C1=O. The first-order valence-electron chi connectivity index (χ1n) is 6.40. The molecule has 0 saturated carbocycles. The summed E-state index contributed by atoms with van der Waals surface area (Å²) in [6, 6.07) is 6.29. The van der Waals surface area contributed by atoms with Gasteiger partial charge in [0.25, 0.3) is 11.1 Å². The third-order valence-electron chi connectivity index (χ3n) is 2.84. The van der Waals surface area contributed by atoms with Gasteiger partial charge < -0.3 is 15.5 Å². The number of amides is 3. The van der Waals surface area contributed by atoms with Gasteiger partial charge in [0.2, 0.25) is 5.91 Å². The number of nitrogens with zero attached hydrogens (tertiary/aromatic N) is 1. The second kappa shape index (κ2) is 6.97. The van der Waals surface area contributed by atoms with Gasteiger partial charge in [0, 0.05) is 5.56 Å². The molecule has 1 aliphatic rings. The third kappa shape index (κ3) is 4.10. The fraction of sp³-hybridized carbons (Fsp3) is 0.143. The van der Waals surface area contributed by atoms with Gasteiger partial charge in [-0.2, -0.15) is 0 Å². The number of thioether (sulfide) groups is 1. The molecule has 120 valence electrons. The van der Waals surface area contributed by atoms with Gasteiger partial charge in [-0.25, -0.2) is 0 Å². The Bertz CT molecular complexity index is 715. The minimum absolute atomic E-state index is 0.0431. The molecule has 1 heterocycles. The molecule has 1 aliphatic heterocycles. The number of hydrogen-bond acceptors (Lipinski definition) is 6. The Morgan fingerprint density at radius 2 is 1.96 bits per heavy atom. The normalized spacial score (nSPS) is 16.0. The lowest BCUT2D eigenvalue weighted by Crippen LogP contribution is -2.41. The fourth-order valence-corrected chi connectivity index (χ4v) is 2.59. The van der Waals surface area contributed by atoms with E-state index in [0.717, 1.165) is 0 Å². The van der Waals surface area contributed by atoms with Crippen LogP contribution in [0.3, 0.4) is 0 Å². The van der Waals surface area contributed by atoms with Crippen LogP contribution in [-0.4, -0.2) is 51.2 Å². The summed E-state index contributed by atoms with van der Waals surface area (Å²) in [5.74, 6) is -2.70. The molecule has 1 aromatic carbocycles. The number of para-hydroxylation sites is 1. The maximum absolute atomic E-state index is 12.1. The Kier molecular flexibility index (Phi) is 5.02. The van der Waals surface area contributed by atoms with E-state index < -0.39 is 36.1 Å². The highest BCUT2D eigenvalue weighted by atomic mass is 32.2. The molecular formula is C14H12N2O6S. The Hall–Kier alpha value is -2.81. The quantitative estimate of drug-likeness (QED) is 0.674. The van der Waals surface area contributed by atoms with Gasteiger partial charge >= 0.3 is 5.97 Å². The van der Waals surface area contributed by atoms with Crippen molar-refractivity contribution in [3.8, 4) is 5.75 Å². The highest BCUT2D eigenvalue weighted by molar-refractivity contribution is 8.18. The molecule has 1 aromatic rings. The predicted molar refractivity (Wildman–Crippen MR) is 81.4 cm³/mol. The molecule has 2 rings (SSSR count). The molecule has 3 amide bonds. The number of phenolic OH excluding ortho intramolecular Hbond substituents is 1.